The third-order valence-corrected chi connectivity index (χ3v) is 4.32. The number of esters is 1. The molecule has 0 fully saturated rings. The highest BCUT2D eigenvalue weighted by atomic mass is 127. The van der Waals surface area contributed by atoms with Gasteiger partial charge in [-0.05, 0) is 65.4 Å². The van der Waals surface area contributed by atoms with E-state index in [1.165, 1.54) is 6.39 Å². The molecule has 0 spiro atoms. The van der Waals surface area contributed by atoms with Crippen LogP contribution in [-0.2, 0) is 9.53 Å². The Kier molecular flexibility index (Phi) is 5.32. The smallest absolute Gasteiger partial charge is 0.341 e. The van der Waals surface area contributed by atoms with Crippen LogP contribution >= 0.6 is 22.6 Å². The van der Waals surface area contributed by atoms with E-state index in [9.17, 15) is 9.59 Å². The van der Waals surface area contributed by atoms with E-state index >= 15 is 0 Å². The number of nitrogens with zero attached hydrogens (tertiary/aromatic N) is 1. The summed E-state index contributed by atoms with van der Waals surface area (Å²) >= 11 is 2.18. The van der Waals surface area contributed by atoms with Crippen molar-refractivity contribution in [3.8, 4) is 0 Å². The minimum atomic E-state index is -0.895. The lowest BCUT2D eigenvalue weighted by Gasteiger charge is -2.16. The molecule has 0 aliphatic rings. The molecule has 0 aliphatic carbocycles. The Balaban J connectivity index is 1.72. The van der Waals surface area contributed by atoms with Gasteiger partial charge < -0.3 is 14.5 Å². The molecular formula is C18H15IN2O4. The molecule has 0 saturated carbocycles. The third-order valence-electron chi connectivity index (χ3n) is 3.60. The molecule has 25 heavy (non-hydrogen) atoms. The standard InChI is InChI=1S/C18H15IN2O4/c1-2-14(17(22)21-12-8-6-11(19)7-9-12)25-18(23)13-4-3-5-15-16(13)20-10-24-15/h3-10,14H,2H2,1H3,(H,21,22). The Bertz CT molecular complexity index is 905. The molecule has 1 aromatic heterocycles. The number of hydrogen-bond acceptors (Lipinski definition) is 5. The molecule has 6 nitrogen and oxygen atoms in total. The number of nitrogens with one attached hydrogen (secondary N) is 1. The number of anilines is 1. The van der Waals surface area contributed by atoms with E-state index in [-0.39, 0.29) is 11.5 Å². The summed E-state index contributed by atoms with van der Waals surface area (Å²) in [6.07, 6.45) is 0.729. The second-order valence-electron chi connectivity index (χ2n) is 5.30. The van der Waals surface area contributed by atoms with Gasteiger partial charge in [0.25, 0.3) is 5.91 Å². The Morgan fingerprint density at radius 3 is 2.72 bits per heavy atom. The van der Waals surface area contributed by atoms with Crippen molar-refractivity contribution in [3.05, 3.63) is 58.0 Å². The molecule has 0 radical (unpaired) electrons. The molecular weight excluding hydrogens is 435 g/mol. The second kappa shape index (κ2) is 7.64. The highest BCUT2D eigenvalue weighted by Crippen LogP contribution is 2.19. The molecule has 0 bridgehead atoms. The van der Waals surface area contributed by atoms with E-state index in [1.807, 2.05) is 12.1 Å². The first-order chi connectivity index (χ1) is 12.1. The summed E-state index contributed by atoms with van der Waals surface area (Å²) in [4.78, 5) is 28.9. The van der Waals surface area contributed by atoms with Crippen LogP contribution in [0.25, 0.3) is 11.1 Å². The van der Waals surface area contributed by atoms with Gasteiger partial charge in [0, 0.05) is 9.26 Å². The minimum Gasteiger partial charge on any atom is -0.449 e. The van der Waals surface area contributed by atoms with Crippen molar-refractivity contribution in [1.29, 1.82) is 0 Å². The third kappa shape index (κ3) is 3.98. The Morgan fingerprint density at radius 1 is 1.24 bits per heavy atom. The van der Waals surface area contributed by atoms with Gasteiger partial charge in [-0.25, -0.2) is 9.78 Å². The minimum absolute atomic E-state index is 0.270. The Labute approximate surface area is 157 Å². The number of carbonyl (C=O) groups excluding carboxylic acids is 2. The summed E-state index contributed by atoms with van der Waals surface area (Å²) in [5.74, 6) is -0.978. The molecule has 1 N–H and O–H groups in total. The molecule has 3 rings (SSSR count). The molecule has 7 heteroatoms. The van der Waals surface area contributed by atoms with Gasteiger partial charge in [0.2, 0.25) is 0 Å². The maximum Gasteiger partial charge on any atom is 0.341 e. The van der Waals surface area contributed by atoms with E-state index in [4.69, 9.17) is 9.15 Å². The number of amides is 1. The van der Waals surface area contributed by atoms with Gasteiger partial charge in [0.1, 0.15) is 5.52 Å². The van der Waals surface area contributed by atoms with Crippen molar-refractivity contribution in [2.24, 2.45) is 0 Å². The van der Waals surface area contributed by atoms with E-state index < -0.39 is 12.1 Å². The van der Waals surface area contributed by atoms with Crippen molar-refractivity contribution in [2.45, 2.75) is 19.4 Å². The first-order valence-corrected chi connectivity index (χ1v) is 8.76. The van der Waals surface area contributed by atoms with Gasteiger partial charge in [-0.2, -0.15) is 0 Å². The lowest BCUT2D eigenvalue weighted by molar-refractivity contribution is -0.124. The monoisotopic (exact) mass is 450 g/mol. The quantitative estimate of drug-likeness (QED) is 0.470. The fourth-order valence-corrected chi connectivity index (χ4v) is 2.68. The van der Waals surface area contributed by atoms with Crippen molar-refractivity contribution in [2.75, 3.05) is 5.32 Å². The number of oxazole rings is 1. The number of benzene rings is 2. The predicted octanol–water partition coefficient (Wildman–Crippen LogP) is 4.01. The number of aromatic nitrogens is 1. The largest absolute Gasteiger partial charge is 0.449 e. The number of carbonyl (C=O) groups is 2. The normalized spacial score (nSPS) is 11.9. The van der Waals surface area contributed by atoms with Crippen molar-refractivity contribution < 1.29 is 18.7 Å². The van der Waals surface area contributed by atoms with Crippen LogP contribution < -0.4 is 5.32 Å². The maximum absolute atomic E-state index is 12.4. The second-order valence-corrected chi connectivity index (χ2v) is 6.55. The Morgan fingerprint density at radius 2 is 2.00 bits per heavy atom. The SMILES string of the molecule is CCC(OC(=O)c1cccc2ocnc12)C(=O)Nc1ccc(I)cc1. The number of halogens is 1. The van der Waals surface area contributed by atoms with Gasteiger partial charge >= 0.3 is 5.97 Å². The van der Waals surface area contributed by atoms with Crippen molar-refractivity contribution >= 4 is 51.3 Å². The number of para-hydroxylation sites is 1. The van der Waals surface area contributed by atoms with Crippen molar-refractivity contribution in [3.63, 3.8) is 0 Å². The first kappa shape index (κ1) is 17.4. The van der Waals surface area contributed by atoms with Gasteiger partial charge in [0.05, 0.1) is 5.56 Å². The molecule has 1 atom stereocenters. The molecule has 1 unspecified atom stereocenters. The van der Waals surface area contributed by atoms with Crippen LogP contribution in [0.2, 0.25) is 0 Å². The fraction of sp³-hybridized carbons (Fsp3) is 0.167. The van der Waals surface area contributed by atoms with Crippen LogP contribution in [0.4, 0.5) is 5.69 Å². The number of ether oxygens (including phenoxy) is 1. The molecule has 1 heterocycles. The zero-order valence-corrected chi connectivity index (χ0v) is 15.5. The Hall–Kier alpha value is -2.42. The van der Waals surface area contributed by atoms with E-state index in [0.717, 1.165) is 3.57 Å². The zero-order chi connectivity index (χ0) is 17.8. The number of rotatable bonds is 5. The number of fused-ring (bicyclic) bond motifs is 1. The van der Waals surface area contributed by atoms with E-state index in [0.29, 0.717) is 23.2 Å². The van der Waals surface area contributed by atoms with Crippen molar-refractivity contribution in [1.82, 2.24) is 4.98 Å². The molecule has 0 saturated heterocycles. The molecule has 2 aromatic carbocycles. The summed E-state index contributed by atoms with van der Waals surface area (Å²) in [5.41, 5.74) is 1.83. The highest BCUT2D eigenvalue weighted by Gasteiger charge is 2.24. The average molecular weight is 450 g/mol. The van der Waals surface area contributed by atoms with Crippen LogP contribution in [0.3, 0.4) is 0 Å². The van der Waals surface area contributed by atoms with Gasteiger partial charge in [-0.3, -0.25) is 4.79 Å². The highest BCUT2D eigenvalue weighted by molar-refractivity contribution is 14.1. The van der Waals surface area contributed by atoms with Crippen LogP contribution in [0.5, 0.6) is 0 Å². The lowest BCUT2D eigenvalue weighted by Crippen LogP contribution is -2.32. The molecule has 3 aromatic rings. The number of hydrogen-bond donors (Lipinski definition) is 1. The van der Waals surface area contributed by atoms with E-state index in [2.05, 4.69) is 32.9 Å². The van der Waals surface area contributed by atoms with Crippen LogP contribution in [0, 0.1) is 3.57 Å². The molecule has 1 amide bonds. The first-order valence-electron chi connectivity index (χ1n) is 7.68. The van der Waals surface area contributed by atoms with Crippen LogP contribution in [-0.4, -0.2) is 23.0 Å². The maximum atomic E-state index is 12.4. The van der Waals surface area contributed by atoms with Gasteiger partial charge in [-0.15, -0.1) is 0 Å². The van der Waals surface area contributed by atoms with E-state index in [1.54, 1.807) is 37.3 Å². The van der Waals surface area contributed by atoms with Gasteiger partial charge in [-0.1, -0.05) is 13.0 Å². The fourth-order valence-electron chi connectivity index (χ4n) is 2.32. The summed E-state index contributed by atoms with van der Waals surface area (Å²) < 4.78 is 11.6. The van der Waals surface area contributed by atoms with Crippen LogP contribution in [0.1, 0.15) is 23.7 Å². The molecule has 0 aliphatic heterocycles. The summed E-state index contributed by atoms with van der Waals surface area (Å²) in [6.45, 7) is 1.78. The average Bonchev–Trinajstić information content (AvgIpc) is 3.10. The topological polar surface area (TPSA) is 81.4 Å². The predicted molar refractivity (Wildman–Crippen MR) is 101 cm³/mol. The van der Waals surface area contributed by atoms with Crippen LogP contribution in [0.15, 0.2) is 53.3 Å². The summed E-state index contributed by atoms with van der Waals surface area (Å²) in [6, 6.07) is 12.3. The van der Waals surface area contributed by atoms with Gasteiger partial charge in [0.15, 0.2) is 18.1 Å². The zero-order valence-electron chi connectivity index (χ0n) is 13.4. The summed E-state index contributed by atoms with van der Waals surface area (Å²) in [7, 11) is 0. The lowest BCUT2D eigenvalue weighted by atomic mass is 10.2. The summed E-state index contributed by atoms with van der Waals surface area (Å²) in [5, 5.41) is 2.76. The molecule has 128 valence electrons.